The largest absolute Gasteiger partial charge is 0.491 e. The molecule has 1 amide bonds. The highest BCUT2D eigenvalue weighted by atomic mass is 16.5. The number of likely N-dealkylation sites (tertiary alicyclic amines) is 2. The Labute approximate surface area is 197 Å². The van der Waals surface area contributed by atoms with E-state index < -0.39 is 0 Å². The van der Waals surface area contributed by atoms with Gasteiger partial charge in [-0.25, -0.2) is 0 Å². The molecule has 0 unspecified atom stereocenters. The number of pyridine rings is 1. The van der Waals surface area contributed by atoms with Crippen molar-refractivity contribution in [1.82, 2.24) is 19.7 Å². The molecule has 1 aromatic heterocycles. The van der Waals surface area contributed by atoms with Gasteiger partial charge in [0.2, 0.25) is 5.91 Å². The number of hydrogen-bond acceptors (Lipinski definition) is 5. The van der Waals surface area contributed by atoms with Crippen LogP contribution in [-0.4, -0.2) is 71.0 Å². The maximum absolute atomic E-state index is 13.3. The highest BCUT2D eigenvalue weighted by Crippen LogP contribution is 2.28. The van der Waals surface area contributed by atoms with Crippen LogP contribution in [0.5, 0.6) is 5.75 Å². The Hall–Kier alpha value is -2.44. The van der Waals surface area contributed by atoms with Crippen molar-refractivity contribution in [2.45, 2.75) is 51.7 Å². The highest BCUT2D eigenvalue weighted by molar-refractivity contribution is 5.79. The molecule has 5 rings (SSSR count). The van der Waals surface area contributed by atoms with Crippen LogP contribution in [0.25, 0.3) is 0 Å². The highest BCUT2D eigenvalue weighted by Gasteiger charge is 2.33. The number of rotatable bonds is 4. The Kier molecular flexibility index (Phi) is 6.93. The quantitative estimate of drug-likeness (QED) is 0.717. The molecule has 1 aromatic carbocycles. The lowest BCUT2D eigenvalue weighted by Crippen LogP contribution is -2.49. The number of carbonyl (C=O) groups excluding carboxylic acids is 1. The minimum absolute atomic E-state index is 0.152. The number of para-hydroxylation sites is 1. The molecule has 0 bridgehead atoms. The van der Waals surface area contributed by atoms with Crippen LogP contribution in [0.3, 0.4) is 0 Å². The fourth-order valence-corrected chi connectivity index (χ4v) is 5.64. The van der Waals surface area contributed by atoms with E-state index in [2.05, 4.69) is 46.0 Å². The molecule has 2 saturated heterocycles. The molecule has 3 aliphatic heterocycles. The second kappa shape index (κ2) is 10.2. The van der Waals surface area contributed by atoms with Gasteiger partial charge in [-0.05, 0) is 63.9 Å². The zero-order chi connectivity index (χ0) is 22.6. The molecule has 0 atom stereocenters. The van der Waals surface area contributed by atoms with Gasteiger partial charge >= 0.3 is 0 Å². The normalized spacial score (nSPS) is 21.3. The van der Waals surface area contributed by atoms with Crippen LogP contribution >= 0.6 is 0 Å². The predicted molar refractivity (Wildman–Crippen MR) is 129 cm³/mol. The molecule has 0 saturated carbocycles. The minimum Gasteiger partial charge on any atom is -0.491 e. The molecule has 0 radical (unpaired) electrons. The van der Waals surface area contributed by atoms with Crippen LogP contribution in [0, 0.1) is 12.8 Å². The lowest BCUT2D eigenvalue weighted by molar-refractivity contribution is -0.138. The number of aryl methyl sites for hydroxylation is 1. The number of amides is 1. The monoisotopic (exact) mass is 448 g/mol. The van der Waals surface area contributed by atoms with E-state index in [9.17, 15) is 4.79 Å². The Morgan fingerprint density at radius 1 is 0.970 bits per heavy atom. The van der Waals surface area contributed by atoms with Gasteiger partial charge in [-0.15, -0.1) is 0 Å². The third-order valence-corrected chi connectivity index (χ3v) is 7.55. The van der Waals surface area contributed by atoms with E-state index in [0.717, 1.165) is 62.6 Å². The van der Waals surface area contributed by atoms with Crippen molar-refractivity contribution in [2.75, 3.05) is 39.3 Å². The molecule has 2 aromatic rings. The van der Waals surface area contributed by atoms with Crippen molar-refractivity contribution in [2.24, 2.45) is 5.92 Å². The van der Waals surface area contributed by atoms with Crippen LogP contribution in [0.15, 0.2) is 42.5 Å². The maximum atomic E-state index is 13.3. The van der Waals surface area contributed by atoms with Gasteiger partial charge < -0.3 is 14.5 Å². The van der Waals surface area contributed by atoms with Crippen molar-refractivity contribution in [1.29, 1.82) is 0 Å². The lowest BCUT2D eigenvalue weighted by Gasteiger charge is -2.42. The van der Waals surface area contributed by atoms with Gasteiger partial charge in [0.25, 0.3) is 0 Å². The SMILES string of the molecule is Cc1cccc(CN2CCC(N3CCC(C(=O)N4CCOc5ccccc5C4)CC3)CC2)n1. The second-order valence-corrected chi connectivity index (χ2v) is 9.80. The predicted octanol–water partition coefficient (Wildman–Crippen LogP) is 3.49. The van der Waals surface area contributed by atoms with E-state index in [1.165, 1.54) is 18.5 Å². The molecule has 176 valence electrons. The first-order valence-electron chi connectivity index (χ1n) is 12.5. The van der Waals surface area contributed by atoms with Crippen LogP contribution in [-0.2, 0) is 17.9 Å². The summed E-state index contributed by atoms with van der Waals surface area (Å²) in [4.78, 5) is 25.1. The molecule has 2 fully saturated rings. The summed E-state index contributed by atoms with van der Waals surface area (Å²) >= 11 is 0. The van der Waals surface area contributed by atoms with E-state index in [1.807, 2.05) is 23.1 Å². The van der Waals surface area contributed by atoms with Crippen LogP contribution in [0.4, 0.5) is 0 Å². The molecule has 0 aliphatic carbocycles. The standard InChI is InChI=1S/C27H36N4O2/c1-21-5-4-7-24(28-21)20-29-13-11-25(12-14-29)30-15-9-22(10-16-30)27(32)31-17-18-33-26-8-3-2-6-23(26)19-31/h2-8,22,25H,9-20H2,1H3. The van der Waals surface area contributed by atoms with E-state index in [1.54, 1.807) is 0 Å². The topological polar surface area (TPSA) is 48.9 Å². The van der Waals surface area contributed by atoms with Gasteiger partial charge in [-0.1, -0.05) is 24.3 Å². The number of carbonyl (C=O) groups is 1. The Bertz CT molecular complexity index is 949. The second-order valence-electron chi connectivity index (χ2n) is 9.80. The molecule has 4 heterocycles. The zero-order valence-electron chi connectivity index (χ0n) is 19.8. The maximum Gasteiger partial charge on any atom is 0.226 e. The third-order valence-electron chi connectivity index (χ3n) is 7.55. The average molecular weight is 449 g/mol. The minimum atomic E-state index is 0.152. The van der Waals surface area contributed by atoms with Gasteiger partial charge in [0.05, 0.1) is 12.2 Å². The van der Waals surface area contributed by atoms with Crippen LogP contribution in [0.2, 0.25) is 0 Å². The van der Waals surface area contributed by atoms with Gasteiger partial charge in [0.1, 0.15) is 12.4 Å². The van der Waals surface area contributed by atoms with Gasteiger partial charge in [0.15, 0.2) is 0 Å². The van der Waals surface area contributed by atoms with Crippen LogP contribution in [0.1, 0.15) is 42.6 Å². The Morgan fingerprint density at radius 2 is 1.76 bits per heavy atom. The first-order chi connectivity index (χ1) is 16.2. The molecule has 0 spiro atoms. The summed E-state index contributed by atoms with van der Waals surface area (Å²) in [6, 6.07) is 15.1. The van der Waals surface area contributed by atoms with Crippen molar-refractivity contribution in [3.8, 4) is 5.75 Å². The number of nitrogens with zero attached hydrogens (tertiary/aromatic N) is 4. The molecular formula is C27H36N4O2. The Balaban J connectivity index is 1.09. The fourth-order valence-electron chi connectivity index (χ4n) is 5.64. The summed E-state index contributed by atoms with van der Waals surface area (Å²) in [5.74, 6) is 1.39. The number of benzene rings is 1. The summed E-state index contributed by atoms with van der Waals surface area (Å²) in [5, 5.41) is 0. The molecule has 3 aliphatic rings. The molecule has 0 N–H and O–H groups in total. The molecular weight excluding hydrogens is 412 g/mol. The van der Waals surface area contributed by atoms with E-state index >= 15 is 0 Å². The van der Waals surface area contributed by atoms with Crippen molar-refractivity contribution in [3.05, 3.63) is 59.4 Å². The van der Waals surface area contributed by atoms with Crippen LogP contribution < -0.4 is 4.74 Å². The first-order valence-corrected chi connectivity index (χ1v) is 12.5. The van der Waals surface area contributed by atoms with E-state index in [4.69, 9.17) is 4.74 Å². The molecule has 33 heavy (non-hydrogen) atoms. The first kappa shape index (κ1) is 22.4. The van der Waals surface area contributed by atoms with Gasteiger partial charge in [-0.2, -0.15) is 0 Å². The van der Waals surface area contributed by atoms with Crippen molar-refractivity contribution >= 4 is 5.91 Å². The third kappa shape index (κ3) is 5.39. The summed E-state index contributed by atoms with van der Waals surface area (Å²) in [5.41, 5.74) is 3.39. The smallest absolute Gasteiger partial charge is 0.226 e. The van der Waals surface area contributed by atoms with E-state index in [-0.39, 0.29) is 5.92 Å². The number of ether oxygens (including phenoxy) is 1. The zero-order valence-corrected chi connectivity index (χ0v) is 19.8. The summed E-state index contributed by atoms with van der Waals surface area (Å²) in [6.45, 7) is 9.29. The number of fused-ring (bicyclic) bond motifs is 1. The molecule has 6 nitrogen and oxygen atoms in total. The van der Waals surface area contributed by atoms with Crippen molar-refractivity contribution < 1.29 is 9.53 Å². The number of piperidine rings is 2. The van der Waals surface area contributed by atoms with E-state index in [0.29, 0.717) is 31.6 Å². The summed E-state index contributed by atoms with van der Waals surface area (Å²) < 4.78 is 5.85. The number of hydrogen-bond donors (Lipinski definition) is 0. The summed E-state index contributed by atoms with van der Waals surface area (Å²) in [6.07, 6.45) is 4.38. The lowest BCUT2D eigenvalue weighted by atomic mass is 9.92. The van der Waals surface area contributed by atoms with Gasteiger partial charge in [-0.3, -0.25) is 14.7 Å². The average Bonchev–Trinajstić information content (AvgIpc) is 3.07. The van der Waals surface area contributed by atoms with Gasteiger partial charge in [0, 0.05) is 49.4 Å². The summed E-state index contributed by atoms with van der Waals surface area (Å²) in [7, 11) is 0. The van der Waals surface area contributed by atoms with Crippen molar-refractivity contribution in [3.63, 3.8) is 0 Å². The fraction of sp³-hybridized carbons (Fsp3) is 0.556. The number of aromatic nitrogens is 1. The molecule has 6 heteroatoms. The Morgan fingerprint density at radius 3 is 2.55 bits per heavy atom.